The summed E-state index contributed by atoms with van der Waals surface area (Å²) >= 11 is 0. The number of rotatable bonds is 5. The summed E-state index contributed by atoms with van der Waals surface area (Å²) in [5, 5.41) is 13.2. The van der Waals surface area contributed by atoms with Gasteiger partial charge in [0.15, 0.2) is 0 Å². The fraction of sp³-hybridized carbons (Fsp3) is 0.118. The van der Waals surface area contributed by atoms with Crippen LogP contribution in [0.5, 0.6) is 0 Å². The predicted octanol–water partition coefficient (Wildman–Crippen LogP) is 1.83. The third-order valence-electron chi connectivity index (χ3n) is 3.67. The normalized spacial score (nSPS) is 11.2. The van der Waals surface area contributed by atoms with Crippen LogP contribution in [0.1, 0.15) is 11.1 Å². The van der Waals surface area contributed by atoms with E-state index in [0.717, 1.165) is 11.3 Å². The van der Waals surface area contributed by atoms with E-state index in [-0.39, 0.29) is 17.0 Å². The van der Waals surface area contributed by atoms with Crippen molar-refractivity contribution in [2.24, 2.45) is 7.05 Å². The Balaban J connectivity index is 1.82. The van der Waals surface area contributed by atoms with Gasteiger partial charge in [-0.2, -0.15) is 10.4 Å². The number of hydrogen-bond donors (Lipinski definition) is 1. The molecule has 8 heteroatoms. The molecule has 0 saturated heterocycles. The van der Waals surface area contributed by atoms with E-state index in [2.05, 4.69) is 14.8 Å². The van der Waals surface area contributed by atoms with E-state index >= 15 is 0 Å². The average molecular weight is 353 g/mol. The van der Waals surface area contributed by atoms with Crippen LogP contribution in [0, 0.1) is 11.3 Å². The fourth-order valence-electron chi connectivity index (χ4n) is 2.43. The molecule has 1 N–H and O–H groups in total. The van der Waals surface area contributed by atoms with Gasteiger partial charge in [0, 0.05) is 37.7 Å². The zero-order valence-corrected chi connectivity index (χ0v) is 14.2. The number of hydrogen-bond acceptors (Lipinski definition) is 5. The lowest BCUT2D eigenvalue weighted by Crippen LogP contribution is -2.24. The van der Waals surface area contributed by atoms with Crippen molar-refractivity contribution in [1.82, 2.24) is 19.5 Å². The SMILES string of the molecule is Cn1nccc1-c1cncc(CNS(=O)(=O)c2ccccc2C#N)c1. The first-order valence-corrected chi connectivity index (χ1v) is 8.90. The van der Waals surface area contributed by atoms with Crippen LogP contribution in [0.4, 0.5) is 0 Å². The highest BCUT2D eigenvalue weighted by atomic mass is 32.2. The molecule has 2 heterocycles. The Kier molecular flexibility index (Phi) is 4.61. The zero-order valence-electron chi connectivity index (χ0n) is 13.4. The Hall–Kier alpha value is -3.02. The van der Waals surface area contributed by atoms with Gasteiger partial charge in [0.2, 0.25) is 10.0 Å². The fourth-order valence-corrected chi connectivity index (χ4v) is 3.60. The molecular weight excluding hydrogens is 338 g/mol. The van der Waals surface area contributed by atoms with Gasteiger partial charge < -0.3 is 0 Å². The van der Waals surface area contributed by atoms with Gasteiger partial charge >= 0.3 is 0 Å². The molecule has 0 fully saturated rings. The minimum atomic E-state index is -3.79. The molecule has 3 aromatic rings. The smallest absolute Gasteiger partial charge is 0.242 e. The van der Waals surface area contributed by atoms with E-state index in [1.807, 2.05) is 25.2 Å². The number of sulfonamides is 1. The molecule has 0 atom stereocenters. The predicted molar refractivity (Wildman–Crippen MR) is 91.6 cm³/mol. The van der Waals surface area contributed by atoms with Gasteiger partial charge in [-0.25, -0.2) is 13.1 Å². The van der Waals surface area contributed by atoms with Crippen LogP contribution >= 0.6 is 0 Å². The van der Waals surface area contributed by atoms with Gasteiger partial charge in [-0.1, -0.05) is 12.1 Å². The number of pyridine rings is 1. The molecule has 126 valence electrons. The zero-order chi connectivity index (χ0) is 17.9. The first-order chi connectivity index (χ1) is 12.0. The largest absolute Gasteiger partial charge is 0.268 e. The molecule has 0 aliphatic rings. The van der Waals surface area contributed by atoms with Gasteiger partial charge in [0.05, 0.1) is 16.2 Å². The summed E-state index contributed by atoms with van der Waals surface area (Å²) in [6.07, 6.45) is 4.97. The summed E-state index contributed by atoms with van der Waals surface area (Å²) in [5.41, 5.74) is 2.54. The first kappa shape index (κ1) is 16.8. The lowest BCUT2D eigenvalue weighted by Gasteiger charge is -2.09. The van der Waals surface area contributed by atoms with E-state index < -0.39 is 10.0 Å². The van der Waals surface area contributed by atoms with Crippen LogP contribution in [0.15, 0.2) is 59.9 Å². The van der Waals surface area contributed by atoms with E-state index in [1.165, 1.54) is 12.1 Å². The van der Waals surface area contributed by atoms with Crippen LogP contribution in [0.3, 0.4) is 0 Å². The molecule has 0 amide bonds. The topological polar surface area (TPSA) is 101 Å². The molecule has 0 saturated carbocycles. The molecule has 0 aliphatic carbocycles. The highest BCUT2D eigenvalue weighted by Gasteiger charge is 2.18. The summed E-state index contributed by atoms with van der Waals surface area (Å²) in [6.45, 7) is 0.0702. The monoisotopic (exact) mass is 353 g/mol. The van der Waals surface area contributed by atoms with Crippen LogP contribution in [0.25, 0.3) is 11.3 Å². The Labute approximate surface area is 145 Å². The molecule has 0 unspecified atom stereocenters. The van der Waals surface area contributed by atoms with E-state index in [9.17, 15) is 8.42 Å². The van der Waals surface area contributed by atoms with Crippen molar-refractivity contribution in [1.29, 1.82) is 5.26 Å². The van der Waals surface area contributed by atoms with Gasteiger partial charge in [-0.05, 0) is 29.8 Å². The third-order valence-corrected chi connectivity index (χ3v) is 5.13. The first-order valence-electron chi connectivity index (χ1n) is 7.42. The molecule has 0 bridgehead atoms. The summed E-state index contributed by atoms with van der Waals surface area (Å²) in [6, 6.07) is 11.7. The Morgan fingerprint density at radius 1 is 1.24 bits per heavy atom. The highest BCUT2D eigenvalue weighted by molar-refractivity contribution is 7.89. The molecule has 1 aromatic carbocycles. The van der Waals surface area contributed by atoms with E-state index in [4.69, 9.17) is 5.26 Å². The molecular formula is C17H15N5O2S. The van der Waals surface area contributed by atoms with Crippen molar-refractivity contribution in [2.75, 3.05) is 0 Å². The van der Waals surface area contributed by atoms with Crippen molar-refractivity contribution < 1.29 is 8.42 Å². The van der Waals surface area contributed by atoms with Gasteiger partial charge in [-0.3, -0.25) is 9.67 Å². The lowest BCUT2D eigenvalue weighted by molar-refractivity contribution is 0.581. The van der Waals surface area contributed by atoms with Gasteiger partial charge in [-0.15, -0.1) is 0 Å². The number of nitriles is 1. The van der Waals surface area contributed by atoms with Crippen molar-refractivity contribution in [3.8, 4) is 17.3 Å². The number of nitrogens with one attached hydrogen (secondary N) is 1. The van der Waals surface area contributed by atoms with Crippen LogP contribution in [0.2, 0.25) is 0 Å². The minimum Gasteiger partial charge on any atom is -0.268 e. The summed E-state index contributed by atoms with van der Waals surface area (Å²) in [5.74, 6) is 0. The summed E-state index contributed by atoms with van der Waals surface area (Å²) in [7, 11) is -1.97. The van der Waals surface area contributed by atoms with Crippen LogP contribution in [-0.2, 0) is 23.6 Å². The Morgan fingerprint density at radius 2 is 2.04 bits per heavy atom. The second kappa shape index (κ2) is 6.84. The number of benzene rings is 1. The van der Waals surface area contributed by atoms with E-state index in [1.54, 1.807) is 35.4 Å². The van der Waals surface area contributed by atoms with Crippen molar-refractivity contribution in [3.05, 3.63) is 66.1 Å². The van der Waals surface area contributed by atoms with Crippen LogP contribution < -0.4 is 4.72 Å². The van der Waals surface area contributed by atoms with E-state index in [0.29, 0.717) is 5.56 Å². The van der Waals surface area contributed by atoms with Crippen molar-refractivity contribution in [2.45, 2.75) is 11.4 Å². The molecule has 2 aromatic heterocycles. The van der Waals surface area contributed by atoms with Crippen LogP contribution in [-0.4, -0.2) is 23.2 Å². The lowest BCUT2D eigenvalue weighted by atomic mass is 10.1. The van der Waals surface area contributed by atoms with Crippen molar-refractivity contribution >= 4 is 10.0 Å². The summed E-state index contributed by atoms with van der Waals surface area (Å²) < 4.78 is 29.1. The molecule has 7 nitrogen and oxygen atoms in total. The number of nitrogens with zero attached hydrogens (tertiary/aromatic N) is 4. The molecule has 25 heavy (non-hydrogen) atoms. The number of aromatic nitrogens is 3. The molecule has 0 aliphatic heterocycles. The second-order valence-corrected chi connectivity index (χ2v) is 7.09. The Bertz CT molecular complexity index is 1050. The highest BCUT2D eigenvalue weighted by Crippen LogP contribution is 2.19. The molecule has 0 spiro atoms. The minimum absolute atomic E-state index is 0.0340. The van der Waals surface area contributed by atoms with Gasteiger partial charge in [0.25, 0.3) is 0 Å². The maximum atomic E-state index is 12.5. The quantitative estimate of drug-likeness (QED) is 0.754. The van der Waals surface area contributed by atoms with Gasteiger partial charge in [0.1, 0.15) is 6.07 Å². The second-order valence-electron chi connectivity index (χ2n) is 5.35. The third kappa shape index (κ3) is 3.57. The maximum absolute atomic E-state index is 12.5. The average Bonchev–Trinajstić information content (AvgIpc) is 3.06. The van der Waals surface area contributed by atoms with Crippen molar-refractivity contribution in [3.63, 3.8) is 0 Å². The standard InChI is InChI=1S/C17H15N5O2S/c1-22-16(6-7-20-22)15-8-13(10-19-12-15)11-21-25(23,24)17-5-3-2-4-14(17)9-18/h2-8,10,12,21H,11H2,1H3. The maximum Gasteiger partial charge on any atom is 0.242 e. The summed E-state index contributed by atoms with van der Waals surface area (Å²) in [4.78, 5) is 4.13. The Morgan fingerprint density at radius 3 is 2.76 bits per heavy atom. The number of aryl methyl sites for hydroxylation is 1. The molecule has 3 rings (SSSR count). The molecule has 0 radical (unpaired) electrons.